The minimum absolute atomic E-state index is 0.106. The molecule has 37 heavy (non-hydrogen) atoms. The maximum atomic E-state index is 13.3. The van der Waals surface area contributed by atoms with E-state index in [4.69, 9.17) is 4.74 Å². The Bertz CT molecular complexity index is 1340. The summed E-state index contributed by atoms with van der Waals surface area (Å²) in [5.74, 6) is 0.0481. The van der Waals surface area contributed by atoms with Crippen molar-refractivity contribution >= 4 is 27.5 Å². The number of hydrogen-bond acceptors (Lipinski definition) is 5. The number of hydrogen-bond donors (Lipinski definition) is 2. The number of rotatable bonds is 9. The number of nitrogens with zero attached hydrogens (tertiary/aromatic N) is 1. The molecular formula is C28H31N3O5S. The Balaban J connectivity index is 1.41. The number of fused-ring (bicyclic) bond motifs is 1. The number of aryl methyl sites for hydroxylation is 1. The molecule has 0 aromatic heterocycles. The maximum Gasteiger partial charge on any atom is 0.263 e. The summed E-state index contributed by atoms with van der Waals surface area (Å²) in [7, 11) is -3.57. The molecule has 0 unspecified atom stereocenters. The molecular weight excluding hydrogens is 490 g/mol. The minimum Gasteiger partial charge on any atom is -0.477 e. The highest BCUT2D eigenvalue weighted by atomic mass is 32.2. The van der Waals surface area contributed by atoms with Crippen molar-refractivity contribution in [1.82, 2.24) is 10.0 Å². The molecule has 9 heteroatoms. The Hall–Kier alpha value is -3.69. The van der Waals surface area contributed by atoms with Crippen LogP contribution in [-0.4, -0.2) is 38.9 Å². The maximum absolute atomic E-state index is 13.3. The number of benzene rings is 3. The molecule has 194 valence electrons. The second kappa shape index (κ2) is 11.6. The van der Waals surface area contributed by atoms with Gasteiger partial charge in [0.15, 0.2) is 6.10 Å². The molecule has 0 bridgehead atoms. The summed E-state index contributed by atoms with van der Waals surface area (Å²) in [5, 5.41) is 2.89. The average Bonchev–Trinajstić information content (AvgIpc) is 2.89. The second-order valence-electron chi connectivity index (χ2n) is 9.20. The molecule has 1 atom stereocenters. The van der Waals surface area contributed by atoms with E-state index in [1.807, 2.05) is 36.4 Å². The molecule has 3 aromatic carbocycles. The van der Waals surface area contributed by atoms with Gasteiger partial charge in [0.2, 0.25) is 15.9 Å². The van der Waals surface area contributed by atoms with Crippen LogP contribution in [0.1, 0.15) is 31.4 Å². The van der Waals surface area contributed by atoms with Crippen LogP contribution in [0.15, 0.2) is 83.8 Å². The molecule has 4 rings (SSSR count). The normalized spacial score (nSPS) is 15.1. The van der Waals surface area contributed by atoms with Gasteiger partial charge in [0.25, 0.3) is 5.91 Å². The lowest BCUT2D eigenvalue weighted by Crippen LogP contribution is -2.50. The summed E-state index contributed by atoms with van der Waals surface area (Å²) in [6, 6.07) is 23.1. The van der Waals surface area contributed by atoms with E-state index >= 15 is 0 Å². The highest BCUT2D eigenvalue weighted by Crippen LogP contribution is 2.33. The molecule has 1 aliphatic rings. The zero-order chi connectivity index (χ0) is 26.4. The van der Waals surface area contributed by atoms with Crippen molar-refractivity contribution in [2.45, 2.75) is 50.3 Å². The average molecular weight is 522 g/mol. The SMILES string of the molecule is CC(C)NS(=O)(=O)c1ccc(CCC(=O)N2C[C@H](C(=O)NCc3ccccc3)Oc3ccccc32)cc1. The molecule has 1 heterocycles. The summed E-state index contributed by atoms with van der Waals surface area (Å²) in [5.41, 5.74) is 2.44. The molecule has 0 saturated heterocycles. The summed E-state index contributed by atoms with van der Waals surface area (Å²) in [4.78, 5) is 27.9. The molecule has 0 saturated carbocycles. The van der Waals surface area contributed by atoms with Crippen LogP contribution in [0.4, 0.5) is 5.69 Å². The largest absolute Gasteiger partial charge is 0.477 e. The van der Waals surface area contributed by atoms with E-state index in [1.165, 1.54) is 0 Å². The van der Waals surface area contributed by atoms with Crippen LogP contribution >= 0.6 is 0 Å². The van der Waals surface area contributed by atoms with Crippen molar-refractivity contribution in [3.05, 3.63) is 90.0 Å². The van der Waals surface area contributed by atoms with Crippen molar-refractivity contribution in [2.24, 2.45) is 0 Å². The molecule has 1 aliphatic heterocycles. The fraction of sp³-hybridized carbons (Fsp3) is 0.286. The summed E-state index contributed by atoms with van der Waals surface area (Å²) >= 11 is 0. The summed E-state index contributed by atoms with van der Waals surface area (Å²) < 4.78 is 33.2. The Morgan fingerprint density at radius 1 is 0.946 bits per heavy atom. The van der Waals surface area contributed by atoms with Gasteiger partial charge < -0.3 is 15.0 Å². The Kier molecular flexibility index (Phi) is 8.25. The Morgan fingerprint density at radius 2 is 1.62 bits per heavy atom. The zero-order valence-electron chi connectivity index (χ0n) is 20.9. The van der Waals surface area contributed by atoms with E-state index in [1.54, 1.807) is 61.2 Å². The lowest BCUT2D eigenvalue weighted by Gasteiger charge is -2.34. The molecule has 0 radical (unpaired) electrons. The van der Waals surface area contributed by atoms with Gasteiger partial charge in [0.1, 0.15) is 5.75 Å². The van der Waals surface area contributed by atoms with E-state index < -0.39 is 16.1 Å². The van der Waals surface area contributed by atoms with Crippen molar-refractivity contribution in [2.75, 3.05) is 11.4 Å². The number of anilines is 1. The van der Waals surface area contributed by atoms with Gasteiger partial charge in [-0.25, -0.2) is 13.1 Å². The van der Waals surface area contributed by atoms with Crippen LogP contribution in [0.25, 0.3) is 0 Å². The third-order valence-corrected chi connectivity index (χ3v) is 7.60. The van der Waals surface area contributed by atoms with Gasteiger partial charge in [-0.05, 0) is 55.7 Å². The Morgan fingerprint density at radius 3 is 2.32 bits per heavy atom. The molecule has 3 aromatic rings. The number of sulfonamides is 1. The fourth-order valence-corrected chi connectivity index (χ4v) is 5.36. The first-order valence-corrected chi connectivity index (χ1v) is 13.7. The quantitative estimate of drug-likeness (QED) is 0.449. The Labute approximate surface area is 217 Å². The first-order chi connectivity index (χ1) is 17.7. The van der Waals surface area contributed by atoms with Crippen LogP contribution in [0.5, 0.6) is 5.75 Å². The monoisotopic (exact) mass is 521 g/mol. The molecule has 0 aliphatic carbocycles. The molecule has 8 nitrogen and oxygen atoms in total. The van der Waals surface area contributed by atoms with Crippen LogP contribution in [0, 0.1) is 0 Å². The van der Waals surface area contributed by atoms with Gasteiger partial charge in [0, 0.05) is 19.0 Å². The van der Waals surface area contributed by atoms with Gasteiger partial charge in [-0.2, -0.15) is 0 Å². The minimum atomic E-state index is -3.57. The zero-order valence-corrected chi connectivity index (χ0v) is 21.7. The van der Waals surface area contributed by atoms with E-state index in [0.29, 0.717) is 24.4 Å². The van der Waals surface area contributed by atoms with Crippen LogP contribution < -0.4 is 19.7 Å². The second-order valence-corrected chi connectivity index (χ2v) is 10.9. The number of para-hydroxylation sites is 2. The van der Waals surface area contributed by atoms with E-state index in [2.05, 4.69) is 10.0 Å². The van der Waals surface area contributed by atoms with E-state index in [-0.39, 0.29) is 35.7 Å². The first kappa shape index (κ1) is 26.4. The van der Waals surface area contributed by atoms with Gasteiger partial charge in [-0.3, -0.25) is 9.59 Å². The van der Waals surface area contributed by atoms with E-state index in [9.17, 15) is 18.0 Å². The predicted molar refractivity (Wildman–Crippen MR) is 142 cm³/mol. The third kappa shape index (κ3) is 6.75. The third-order valence-electron chi connectivity index (χ3n) is 5.93. The van der Waals surface area contributed by atoms with Crippen molar-refractivity contribution in [1.29, 1.82) is 0 Å². The van der Waals surface area contributed by atoms with Gasteiger partial charge in [-0.15, -0.1) is 0 Å². The van der Waals surface area contributed by atoms with Crippen molar-refractivity contribution in [3.8, 4) is 5.75 Å². The number of ether oxygens (including phenoxy) is 1. The number of nitrogens with one attached hydrogen (secondary N) is 2. The molecule has 2 amide bonds. The molecule has 0 fully saturated rings. The fourth-order valence-electron chi connectivity index (χ4n) is 4.11. The van der Waals surface area contributed by atoms with Crippen LogP contribution in [-0.2, 0) is 32.6 Å². The number of carbonyl (C=O) groups is 2. The lowest BCUT2D eigenvalue weighted by molar-refractivity contribution is -0.128. The standard InChI is InChI=1S/C28H31N3O5S/c1-20(2)30-37(34,35)23-15-12-21(13-16-23)14-17-27(32)31-19-26(36-25-11-7-6-10-24(25)31)28(33)29-18-22-8-4-3-5-9-22/h3-13,15-16,20,26,30H,14,17-19H2,1-2H3,(H,29,33)/t26-/m1/s1. The van der Waals surface area contributed by atoms with Crippen LogP contribution in [0.2, 0.25) is 0 Å². The first-order valence-electron chi connectivity index (χ1n) is 12.2. The lowest BCUT2D eigenvalue weighted by atomic mass is 10.1. The smallest absolute Gasteiger partial charge is 0.263 e. The van der Waals surface area contributed by atoms with Crippen LogP contribution in [0.3, 0.4) is 0 Å². The number of carbonyl (C=O) groups excluding carboxylic acids is 2. The van der Waals surface area contributed by atoms with E-state index in [0.717, 1.165) is 11.1 Å². The summed E-state index contributed by atoms with van der Waals surface area (Å²) in [6.07, 6.45) is -0.204. The van der Waals surface area contributed by atoms with Gasteiger partial charge >= 0.3 is 0 Å². The van der Waals surface area contributed by atoms with Crippen molar-refractivity contribution in [3.63, 3.8) is 0 Å². The highest BCUT2D eigenvalue weighted by molar-refractivity contribution is 7.89. The molecule has 2 N–H and O–H groups in total. The predicted octanol–water partition coefficient (Wildman–Crippen LogP) is 3.42. The number of amides is 2. The highest BCUT2D eigenvalue weighted by Gasteiger charge is 2.33. The summed E-state index contributed by atoms with van der Waals surface area (Å²) in [6.45, 7) is 4.00. The van der Waals surface area contributed by atoms with Gasteiger partial charge in [-0.1, -0.05) is 54.6 Å². The topological polar surface area (TPSA) is 105 Å². The van der Waals surface area contributed by atoms with Gasteiger partial charge in [0.05, 0.1) is 17.1 Å². The van der Waals surface area contributed by atoms with Crippen molar-refractivity contribution < 1.29 is 22.7 Å². The molecule has 0 spiro atoms.